The minimum absolute atomic E-state index is 0.500. The molecule has 4 nitrogen and oxygen atoms in total. The summed E-state index contributed by atoms with van der Waals surface area (Å²) in [5, 5.41) is 2.26. The Balaban J connectivity index is 3.25. The van der Waals surface area contributed by atoms with Crippen LogP contribution in [0.4, 0.5) is 4.79 Å². The van der Waals surface area contributed by atoms with Crippen LogP contribution in [0.3, 0.4) is 0 Å². The number of carbonyl (C=O) groups excluding carboxylic acids is 1. The van der Waals surface area contributed by atoms with E-state index in [2.05, 4.69) is 10.1 Å². The molecule has 8 heavy (non-hydrogen) atoms. The van der Waals surface area contributed by atoms with Crippen LogP contribution >= 0.6 is 0 Å². The van der Waals surface area contributed by atoms with Gasteiger partial charge in [0, 0.05) is 7.05 Å². The minimum atomic E-state index is -0.532. The zero-order valence-electron chi connectivity index (χ0n) is 4.97. The van der Waals surface area contributed by atoms with E-state index >= 15 is 0 Å². The number of carbonyl (C=O) groups is 1. The third-order valence-corrected chi connectivity index (χ3v) is 0.497. The number of amides is 1. The summed E-state index contributed by atoms with van der Waals surface area (Å²) < 4.78 is 4.43. The van der Waals surface area contributed by atoms with Gasteiger partial charge in [0.1, 0.15) is 6.23 Å². The van der Waals surface area contributed by atoms with Crippen LogP contribution in [0.25, 0.3) is 0 Å². The lowest BCUT2D eigenvalue weighted by Crippen LogP contribution is -2.29. The van der Waals surface area contributed by atoms with Crippen molar-refractivity contribution in [2.24, 2.45) is 5.73 Å². The SMILES string of the molecule is CNC(=O)OC(C)N. The Labute approximate surface area is 48.0 Å². The second-order valence-electron chi connectivity index (χ2n) is 1.36. The molecule has 1 amide bonds. The first-order valence-electron chi connectivity index (χ1n) is 2.30. The highest BCUT2D eigenvalue weighted by molar-refractivity contribution is 5.66. The van der Waals surface area contributed by atoms with E-state index in [9.17, 15) is 4.79 Å². The van der Waals surface area contributed by atoms with Gasteiger partial charge in [-0.3, -0.25) is 5.73 Å². The molecule has 0 aliphatic rings. The molecule has 48 valence electrons. The van der Waals surface area contributed by atoms with Gasteiger partial charge in [0.2, 0.25) is 0 Å². The first kappa shape index (κ1) is 7.23. The molecular formula is C4H10N2O2. The third kappa shape index (κ3) is 3.42. The van der Waals surface area contributed by atoms with Crippen LogP contribution in [-0.4, -0.2) is 19.4 Å². The molecule has 0 aromatic carbocycles. The normalized spacial score (nSPS) is 12.4. The number of alkyl carbamates (subject to hydrolysis) is 1. The summed E-state index contributed by atoms with van der Waals surface area (Å²) in [5.74, 6) is 0. The van der Waals surface area contributed by atoms with Crippen molar-refractivity contribution in [2.45, 2.75) is 13.2 Å². The average molecular weight is 118 g/mol. The summed E-state index contributed by atoms with van der Waals surface area (Å²) in [5.41, 5.74) is 5.09. The quantitative estimate of drug-likeness (QED) is 0.462. The zero-order valence-corrected chi connectivity index (χ0v) is 4.97. The van der Waals surface area contributed by atoms with E-state index in [1.165, 1.54) is 7.05 Å². The Bertz CT molecular complexity index is 82.1. The van der Waals surface area contributed by atoms with Gasteiger partial charge in [0.25, 0.3) is 0 Å². The summed E-state index contributed by atoms with van der Waals surface area (Å²) in [6.45, 7) is 1.58. The number of nitrogens with two attached hydrogens (primary N) is 1. The van der Waals surface area contributed by atoms with E-state index in [1.54, 1.807) is 6.92 Å². The maximum Gasteiger partial charge on any atom is 0.408 e. The van der Waals surface area contributed by atoms with Gasteiger partial charge >= 0.3 is 6.09 Å². The second kappa shape index (κ2) is 3.26. The fraction of sp³-hybridized carbons (Fsp3) is 0.750. The van der Waals surface area contributed by atoms with Crippen LogP contribution in [0, 0.1) is 0 Å². The largest absolute Gasteiger partial charge is 0.431 e. The van der Waals surface area contributed by atoms with Crippen LogP contribution in [-0.2, 0) is 4.74 Å². The van der Waals surface area contributed by atoms with E-state index < -0.39 is 12.3 Å². The average Bonchev–Trinajstić information content (AvgIpc) is 1.65. The molecule has 0 fully saturated rings. The molecule has 0 aromatic rings. The molecule has 1 atom stereocenters. The van der Waals surface area contributed by atoms with Crippen molar-refractivity contribution < 1.29 is 9.53 Å². The molecule has 0 bridgehead atoms. The highest BCUT2D eigenvalue weighted by atomic mass is 16.6. The van der Waals surface area contributed by atoms with Gasteiger partial charge in [0.05, 0.1) is 0 Å². The highest BCUT2D eigenvalue weighted by Gasteiger charge is 1.98. The maximum atomic E-state index is 10.2. The van der Waals surface area contributed by atoms with Crippen molar-refractivity contribution >= 4 is 6.09 Å². The molecule has 4 heteroatoms. The van der Waals surface area contributed by atoms with Crippen LogP contribution in [0.1, 0.15) is 6.92 Å². The van der Waals surface area contributed by atoms with Crippen molar-refractivity contribution in [3.8, 4) is 0 Å². The summed E-state index contributed by atoms with van der Waals surface area (Å²) in [6.07, 6.45) is -1.03. The van der Waals surface area contributed by atoms with Crippen molar-refractivity contribution in [3.63, 3.8) is 0 Å². The zero-order chi connectivity index (χ0) is 6.57. The smallest absolute Gasteiger partial charge is 0.408 e. The van der Waals surface area contributed by atoms with Gasteiger partial charge in [-0.25, -0.2) is 4.79 Å². The molecule has 0 spiro atoms. The topological polar surface area (TPSA) is 64.3 Å². The maximum absolute atomic E-state index is 10.2. The molecule has 0 aliphatic carbocycles. The Morgan fingerprint density at radius 2 is 2.38 bits per heavy atom. The van der Waals surface area contributed by atoms with E-state index in [0.29, 0.717) is 0 Å². The fourth-order valence-electron chi connectivity index (χ4n) is 0.228. The minimum Gasteiger partial charge on any atom is -0.431 e. The predicted molar refractivity (Wildman–Crippen MR) is 29.2 cm³/mol. The molecule has 1 unspecified atom stereocenters. The Morgan fingerprint density at radius 3 is 2.50 bits per heavy atom. The Kier molecular flexibility index (Phi) is 2.95. The number of nitrogens with one attached hydrogen (secondary N) is 1. The number of ether oxygens (including phenoxy) is 1. The van der Waals surface area contributed by atoms with Gasteiger partial charge in [-0.1, -0.05) is 0 Å². The molecular weight excluding hydrogens is 108 g/mol. The Morgan fingerprint density at radius 1 is 1.88 bits per heavy atom. The third-order valence-electron chi connectivity index (χ3n) is 0.497. The van der Waals surface area contributed by atoms with Crippen molar-refractivity contribution in [2.75, 3.05) is 7.05 Å². The molecule has 0 saturated heterocycles. The fourth-order valence-corrected chi connectivity index (χ4v) is 0.228. The lowest BCUT2D eigenvalue weighted by Gasteiger charge is -2.04. The first-order chi connectivity index (χ1) is 3.66. The molecule has 0 radical (unpaired) electrons. The van der Waals surface area contributed by atoms with Gasteiger partial charge in [-0.05, 0) is 6.92 Å². The Hall–Kier alpha value is -0.770. The molecule has 0 rings (SSSR count). The summed E-state index contributed by atoms with van der Waals surface area (Å²) >= 11 is 0. The van der Waals surface area contributed by atoms with Crippen LogP contribution in [0.15, 0.2) is 0 Å². The van der Waals surface area contributed by atoms with E-state index in [1.807, 2.05) is 0 Å². The van der Waals surface area contributed by atoms with Crippen molar-refractivity contribution in [1.29, 1.82) is 0 Å². The molecule has 0 aromatic heterocycles. The molecule has 0 heterocycles. The number of hydrogen-bond donors (Lipinski definition) is 2. The van der Waals surface area contributed by atoms with Crippen molar-refractivity contribution in [1.82, 2.24) is 5.32 Å². The predicted octanol–water partition coefficient (Wildman–Crippen LogP) is -0.353. The summed E-state index contributed by atoms with van der Waals surface area (Å²) in [7, 11) is 1.48. The summed E-state index contributed by atoms with van der Waals surface area (Å²) in [6, 6.07) is 0. The van der Waals surface area contributed by atoms with Gasteiger partial charge < -0.3 is 10.1 Å². The van der Waals surface area contributed by atoms with Gasteiger partial charge in [0.15, 0.2) is 0 Å². The lowest BCUT2D eigenvalue weighted by atomic mass is 10.7. The van der Waals surface area contributed by atoms with Crippen LogP contribution < -0.4 is 11.1 Å². The standard InChI is InChI=1S/C4H10N2O2/c1-3(5)8-4(7)6-2/h3H,5H2,1-2H3,(H,6,7). The van der Waals surface area contributed by atoms with E-state index in [4.69, 9.17) is 5.73 Å². The lowest BCUT2D eigenvalue weighted by molar-refractivity contribution is 0.112. The highest BCUT2D eigenvalue weighted by Crippen LogP contribution is 1.78. The first-order valence-corrected chi connectivity index (χ1v) is 2.30. The van der Waals surface area contributed by atoms with Gasteiger partial charge in [-0.2, -0.15) is 0 Å². The number of rotatable bonds is 1. The number of hydrogen-bond acceptors (Lipinski definition) is 3. The van der Waals surface area contributed by atoms with Crippen LogP contribution in [0.5, 0.6) is 0 Å². The monoisotopic (exact) mass is 118 g/mol. The van der Waals surface area contributed by atoms with E-state index in [0.717, 1.165) is 0 Å². The van der Waals surface area contributed by atoms with E-state index in [-0.39, 0.29) is 0 Å². The van der Waals surface area contributed by atoms with Crippen molar-refractivity contribution in [3.05, 3.63) is 0 Å². The summed E-state index contributed by atoms with van der Waals surface area (Å²) in [4.78, 5) is 10.2. The van der Waals surface area contributed by atoms with Gasteiger partial charge in [-0.15, -0.1) is 0 Å². The van der Waals surface area contributed by atoms with Crippen LogP contribution in [0.2, 0.25) is 0 Å². The molecule has 3 N–H and O–H groups in total. The second-order valence-corrected chi connectivity index (χ2v) is 1.36. The molecule has 0 aliphatic heterocycles. The molecule has 0 saturated carbocycles.